The minimum Gasteiger partial charge on any atom is -0.383 e. The smallest absolute Gasteiger partial charge is 0.233 e. The lowest BCUT2D eigenvalue weighted by Crippen LogP contribution is -2.43. The SMILES string of the molecule is COCCNC(=O)CC(=O)N(CCN1C(=O)C2C3C=CC(C3)C2C1=O)Cc1cn(CCOCCOCCOCC(C)=O)nn1. The van der Waals surface area contributed by atoms with Crippen LogP contribution < -0.4 is 5.32 Å². The van der Waals surface area contributed by atoms with Crippen LogP contribution >= 0.6 is 0 Å². The molecule has 1 saturated heterocycles. The molecule has 0 aromatic carbocycles. The van der Waals surface area contributed by atoms with Crippen molar-refractivity contribution in [3.05, 3.63) is 24.0 Å². The van der Waals surface area contributed by atoms with Crippen molar-refractivity contribution in [2.24, 2.45) is 23.7 Å². The average molecular weight is 619 g/mol. The maximum absolute atomic E-state index is 13.2. The lowest BCUT2D eigenvalue weighted by atomic mass is 9.85. The van der Waals surface area contributed by atoms with Crippen LogP contribution in [0, 0.1) is 23.7 Å². The number of methoxy groups -OCH3 is 1. The number of imide groups is 1. The van der Waals surface area contributed by atoms with Crippen LogP contribution in [0.1, 0.15) is 25.5 Å². The maximum atomic E-state index is 13.2. The van der Waals surface area contributed by atoms with Crippen LogP contribution in [0.25, 0.3) is 0 Å². The predicted molar refractivity (Wildman–Crippen MR) is 153 cm³/mol. The number of allylic oxidation sites excluding steroid dienone is 2. The Balaban J connectivity index is 1.25. The number of ketones is 1. The molecular weight excluding hydrogens is 576 g/mol. The summed E-state index contributed by atoms with van der Waals surface area (Å²) in [5.41, 5.74) is 0.491. The molecular formula is C29H42N6O9. The lowest BCUT2D eigenvalue weighted by Gasteiger charge is -2.25. The standard InChI is InChI=1S/C29H42N6O9/c1-20(36)19-44-14-13-43-12-11-42-10-8-34-18-23(31-32-34)17-33(25(38)16-24(37)30-5-9-41-2)6-7-35-28(39)26-21-3-4-22(15-21)27(26)29(35)40/h3-4,18,21-22,26-27H,5-17,19H2,1-2H3,(H,30,37). The zero-order valence-electron chi connectivity index (χ0n) is 25.4. The van der Waals surface area contributed by atoms with Gasteiger partial charge < -0.3 is 29.2 Å². The molecule has 1 N–H and O–H groups in total. The van der Waals surface area contributed by atoms with Crippen LogP contribution in [0.5, 0.6) is 0 Å². The van der Waals surface area contributed by atoms with E-state index in [1.54, 1.807) is 10.9 Å². The number of nitrogens with zero attached hydrogens (tertiary/aromatic N) is 5. The second-order valence-corrected chi connectivity index (χ2v) is 11.1. The first kappa shape index (κ1) is 33.4. The first-order valence-electron chi connectivity index (χ1n) is 15.0. The zero-order chi connectivity index (χ0) is 31.5. The molecule has 1 saturated carbocycles. The highest BCUT2D eigenvalue weighted by molar-refractivity contribution is 6.06. The molecule has 1 aliphatic heterocycles. The molecule has 1 aromatic rings. The molecule has 1 aromatic heterocycles. The quantitative estimate of drug-likeness (QED) is 0.0792. The van der Waals surface area contributed by atoms with Gasteiger partial charge in [0.05, 0.1) is 70.8 Å². The van der Waals surface area contributed by atoms with E-state index in [0.29, 0.717) is 51.9 Å². The molecule has 2 heterocycles. The topological polar surface area (TPSA) is 171 Å². The van der Waals surface area contributed by atoms with Gasteiger partial charge in [0.15, 0.2) is 5.78 Å². The van der Waals surface area contributed by atoms with Crippen LogP contribution in [-0.4, -0.2) is 127 Å². The van der Waals surface area contributed by atoms with E-state index in [2.05, 4.69) is 15.6 Å². The van der Waals surface area contributed by atoms with Gasteiger partial charge in [-0.3, -0.25) is 28.9 Å². The average Bonchev–Trinajstić information content (AvgIpc) is 3.77. The molecule has 2 aliphatic carbocycles. The Morgan fingerprint density at radius 2 is 1.61 bits per heavy atom. The second-order valence-electron chi connectivity index (χ2n) is 11.1. The summed E-state index contributed by atoms with van der Waals surface area (Å²) in [5, 5.41) is 10.9. The van der Waals surface area contributed by atoms with Crippen LogP contribution in [-0.2, 0) is 56.0 Å². The van der Waals surface area contributed by atoms with Crippen LogP contribution in [0.3, 0.4) is 0 Å². The van der Waals surface area contributed by atoms with Crippen molar-refractivity contribution in [2.75, 3.05) is 73.0 Å². The molecule has 2 bridgehead atoms. The summed E-state index contributed by atoms with van der Waals surface area (Å²) in [6, 6.07) is 0. The van der Waals surface area contributed by atoms with E-state index in [0.717, 1.165) is 6.42 Å². The van der Waals surface area contributed by atoms with Crippen molar-refractivity contribution in [3.63, 3.8) is 0 Å². The molecule has 4 rings (SSSR count). The molecule has 44 heavy (non-hydrogen) atoms. The lowest BCUT2D eigenvalue weighted by molar-refractivity contribution is -0.143. The number of hydrogen-bond donors (Lipinski definition) is 1. The van der Waals surface area contributed by atoms with E-state index in [-0.39, 0.29) is 74.1 Å². The molecule has 242 valence electrons. The van der Waals surface area contributed by atoms with Crippen molar-refractivity contribution < 1.29 is 42.9 Å². The fourth-order valence-corrected chi connectivity index (χ4v) is 5.83. The summed E-state index contributed by atoms with van der Waals surface area (Å²) in [6.07, 6.45) is 6.22. The van der Waals surface area contributed by atoms with Gasteiger partial charge in [-0.2, -0.15) is 0 Å². The number of carbonyl (C=O) groups is 5. The third-order valence-electron chi connectivity index (χ3n) is 7.90. The van der Waals surface area contributed by atoms with Crippen molar-refractivity contribution in [1.82, 2.24) is 30.1 Å². The van der Waals surface area contributed by atoms with E-state index < -0.39 is 18.2 Å². The van der Waals surface area contributed by atoms with Crippen molar-refractivity contribution in [3.8, 4) is 0 Å². The number of fused-ring (bicyclic) bond motifs is 5. The summed E-state index contributed by atoms with van der Waals surface area (Å²) in [4.78, 5) is 65.3. The van der Waals surface area contributed by atoms with Crippen molar-refractivity contribution in [2.45, 2.75) is 32.9 Å². The normalized spacial score (nSPS) is 21.7. The molecule has 0 radical (unpaired) electrons. The number of ether oxygens (including phenoxy) is 4. The van der Waals surface area contributed by atoms with Gasteiger partial charge in [-0.25, -0.2) is 4.68 Å². The Kier molecular flexibility index (Phi) is 12.5. The number of likely N-dealkylation sites (tertiary alicyclic amines) is 1. The monoisotopic (exact) mass is 618 g/mol. The van der Waals surface area contributed by atoms with Gasteiger partial charge in [0.1, 0.15) is 18.7 Å². The molecule has 15 nitrogen and oxygen atoms in total. The molecule has 4 amide bonds. The number of Topliss-reactive ketones (excluding diaryl/α,β-unsaturated/α-hetero) is 1. The van der Waals surface area contributed by atoms with E-state index in [4.69, 9.17) is 18.9 Å². The van der Waals surface area contributed by atoms with E-state index in [1.165, 1.54) is 23.8 Å². The highest BCUT2D eigenvalue weighted by Gasteiger charge is 2.59. The Morgan fingerprint density at radius 3 is 2.27 bits per heavy atom. The van der Waals surface area contributed by atoms with Crippen LogP contribution in [0.2, 0.25) is 0 Å². The molecule has 3 aliphatic rings. The van der Waals surface area contributed by atoms with Gasteiger partial charge in [0, 0.05) is 26.7 Å². The Bertz CT molecular complexity index is 1170. The summed E-state index contributed by atoms with van der Waals surface area (Å²) in [5.74, 6) is -1.72. The predicted octanol–water partition coefficient (Wildman–Crippen LogP) is -0.795. The molecule has 4 atom stereocenters. The Hall–Kier alpha value is -3.53. The summed E-state index contributed by atoms with van der Waals surface area (Å²) in [7, 11) is 1.52. The number of nitrogens with one attached hydrogen (secondary N) is 1. The number of amides is 4. The Labute approximate surface area is 256 Å². The summed E-state index contributed by atoms with van der Waals surface area (Å²) >= 11 is 0. The number of carbonyl (C=O) groups excluding carboxylic acids is 5. The van der Waals surface area contributed by atoms with Crippen LogP contribution in [0.4, 0.5) is 0 Å². The fourth-order valence-electron chi connectivity index (χ4n) is 5.83. The number of rotatable bonds is 21. The summed E-state index contributed by atoms with van der Waals surface area (Å²) < 4.78 is 22.6. The van der Waals surface area contributed by atoms with Gasteiger partial charge in [-0.15, -0.1) is 5.10 Å². The third-order valence-corrected chi connectivity index (χ3v) is 7.90. The number of aromatic nitrogens is 3. The van der Waals surface area contributed by atoms with Gasteiger partial charge in [0.25, 0.3) is 0 Å². The largest absolute Gasteiger partial charge is 0.383 e. The molecule has 4 unspecified atom stereocenters. The van der Waals surface area contributed by atoms with Gasteiger partial charge >= 0.3 is 0 Å². The number of hydrogen-bond acceptors (Lipinski definition) is 11. The van der Waals surface area contributed by atoms with E-state index in [9.17, 15) is 24.0 Å². The van der Waals surface area contributed by atoms with Gasteiger partial charge in [0.2, 0.25) is 23.6 Å². The third kappa shape index (κ3) is 9.00. The highest BCUT2D eigenvalue weighted by Crippen LogP contribution is 2.52. The first-order chi connectivity index (χ1) is 21.3. The second kappa shape index (κ2) is 16.5. The van der Waals surface area contributed by atoms with Gasteiger partial charge in [-0.1, -0.05) is 17.4 Å². The maximum Gasteiger partial charge on any atom is 0.233 e. The molecule has 0 spiro atoms. The highest BCUT2D eigenvalue weighted by atomic mass is 16.5. The first-order valence-corrected chi connectivity index (χ1v) is 15.0. The van der Waals surface area contributed by atoms with Crippen LogP contribution in [0.15, 0.2) is 18.3 Å². The summed E-state index contributed by atoms with van der Waals surface area (Å²) in [6.45, 7) is 4.53. The Morgan fingerprint density at radius 1 is 0.955 bits per heavy atom. The zero-order valence-corrected chi connectivity index (χ0v) is 25.4. The molecule has 2 fully saturated rings. The minimum atomic E-state index is -0.453. The van der Waals surface area contributed by atoms with Gasteiger partial charge in [-0.05, 0) is 25.2 Å². The van der Waals surface area contributed by atoms with Crippen molar-refractivity contribution in [1.29, 1.82) is 0 Å². The molecule has 15 heteroatoms. The minimum absolute atomic E-state index is 0.0358. The van der Waals surface area contributed by atoms with E-state index >= 15 is 0 Å². The fraction of sp³-hybridized carbons (Fsp3) is 0.690. The van der Waals surface area contributed by atoms with E-state index in [1.807, 2.05) is 12.2 Å². The van der Waals surface area contributed by atoms with Crippen molar-refractivity contribution >= 4 is 29.4 Å².